The number of amides is 1. The van der Waals surface area contributed by atoms with Gasteiger partial charge in [-0.15, -0.1) is 0 Å². The van der Waals surface area contributed by atoms with Crippen molar-refractivity contribution in [1.82, 2.24) is 15.5 Å². The lowest BCUT2D eigenvalue weighted by molar-refractivity contribution is -0.123. The van der Waals surface area contributed by atoms with E-state index >= 15 is 0 Å². The predicted molar refractivity (Wildman–Crippen MR) is 46.6 cm³/mol. The fourth-order valence-electron chi connectivity index (χ4n) is 1.09. The van der Waals surface area contributed by atoms with Crippen LogP contribution >= 0.6 is 0 Å². The largest absolute Gasteiger partial charge is 0.350 e. The Morgan fingerprint density at radius 2 is 2.54 bits per heavy atom. The normalized spacial score (nSPS) is 18.2. The molecule has 0 aromatic carbocycles. The van der Waals surface area contributed by atoms with Crippen molar-refractivity contribution in [1.29, 1.82) is 0 Å². The number of nitrogens with one attached hydrogen (secondary N) is 2. The van der Waals surface area contributed by atoms with Crippen molar-refractivity contribution in [3.05, 3.63) is 18.0 Å². The highest BCUT2D eigenvalue weighted by Gasteiger charge is 2.45. The molecule has 0 unspecified atom stereocenters. The number of hydrogen-bond acceptors (Lipinski definition) is 3. The van der Waals surface area contributed by atoms with Gasteiger partial charge < -0.3 is 11.1 Å². The van der Waals surface area contributed by atoms with E-state index < -0.39 is 5.54 Å². The van der Waals surface area contributed by atoms with Crippen LogP contribution in [-0.2, 0) is 11.3 Å². The van der Waals surface area contributed by atoms with Crippen LogP contribution in [0.3, 0.4) is 0 Å². The van der Waals surface area contributed by atoms with Crippen LogP contribution in [-0.4, -0.2) is 21.6 Å². The van der Waals surface area contributed by atoms with E-state index in [0.717, 1.165) is 18.4 Å². The lowest BCUT2D eigenvalue weighted by Gasteiger charge is -2.08. The molecule has 1 aromatic heterocycles. The maximum Gasteiger partial charge on any atom is 0.240 e. The van der Waals surface area contributed by atoms with E-state index in [0.29, 0.717) is 6.54 Å². The summed E-state index contributed by atoms with van der Waals surface area (Å²) >= 11 is 0. The van der Waals surface area contributed by atoms with Gasteiger partial charge in [-0.2, -0.15) is 5.10 Å². The molecule has 1 aliphatic carbocycles. The number of aromatic nitrogens is 2. The number of nitrogens with two attached hydrogens (primary N) is 1. The Hall–Kier alpha value is -1.36. The maximum absolute atomic E-state index is 11.4. The Balaban J connectivity index is 1.83. The second kappa shape index (κ2) is 2.85. The molecule has 4 N–H and O–H groups in total. The van der Waals surface area contributed by atoms with Crippen LogP contribution in [0.2, 0.25) is 0 Å². The van der Waals surface area contributed by atoms with Gasteiger partial charge in [0, 0.05) is 18.3 Å². The number of carbonyl (C=O) groups is 1. The van der Waals surface area contributed by atoms with Crippen molar-refractivity contribution in [3.8, 4) is 0 Å². The van der Waals surface area contributed by atoms with Gasteiger partial charge in [0.05, 0.1) is 11.7 Å². The summed E-state index contributed by atoms with van der Waals surface area (Å²) in [5.74, 6) is -0.0614. The first-order valence-corrected chi connectivity index (χ1v) is 4.25. The topological polar surface area (TPSA) is 83.8 Å². The van der Waals surface area contributed by atoms with E-state index in [1.165, 1.54) is 0 Å². The van der Waals surface area contributed by atoms with Gasteiger partial charge >= 0.3 is 0 Å². The molecule has 1 amide bonds. The molecule has 0 spiro atoms. The summed E-state index contributed by atoms with van der Waals surface area (Å²) in [4.78, 5) is 11.4. The van der Waals surface area contributed by atoms with Crippen molar-refractivity contribution in [2.45, 2.75) is 24.9 Å². The highest BCUT2D eigenvalue weighted by molar-refractivity contribution is 5.88. The molecule has 13 heavy (non-hydrogen) atoms. The number of rotatable bonds is 3. The predicted octanol–water partition coefficient (Wildman–Crippen LogP) is -0.483. The fraction of sp³-hybridized carbons (Fsp3) is 0.500. The second-order valence-electron chi connectivity index (χ2n) is 3.45. The van der Waals surface area contributed by atoms with Gasteiger partial charge in [-0.1, -0.05) is 0 Å². The first kappa shape index (κ1) is 8.25. The van der Waals surface area contributed by atoms with E-state index in [4.69, 9.17) is 5.73 Å². The molecular formula is C8H12N4O. The maximum atomic E-state index is 11.4. The van der Waals surface area contributed by atoms with E-state index in [1.54, 1.807) is 12.4 Å². The summed E-state index contributed by atoms with van der Waals surface area (Å²) in [6, 6.07) is 0. The molecule has 1 aromatic rings. The van der Waals surface area contributed by atoms with Crippen molar-refractivity contribution >= 4 is 5.91 Å². The third-order valence-electron chi connectivity index (χ3n) is 2.25. The Morgan fingerprint density at radius 3 is 3.08 bits per heavy atom. The lowest BCUT2D eigenvalue weighted by Crippen LogP contribution is -2.42. The van der Waals surface area contributed by atoms with Crippen molar-refractivity contribution in [3.63, 3.8) is 0 Å². The fourth-order valence-corrected chi connectivity index (χ4v) is 1.09. The molecular weight excluding hydrogens is 168 g/mol. The third-order valence-corrected chi connectivity index (χ3v) is 2.25. The Morgan fingerprint density at radius 1 is 1.77 bits per heavy atom. The van der Waals surface area contributed by atoms with Crippen LogP contribution in [0.25, 0.3) is 0 Å². The van der Waals surface area contributed by atoms with Gasteiger partial charge in [-0.05, 0) is 12.8 Å². The summed E-state index contributed by atoms with van der Waals surface area (Å²) < 4.78 is 0. The van der Waals surface area contributed by atoms with Crippen LogP contribution in [0.15, 0.2) is 12.4 Å². The van der Waals surface area contributed by atoms with Gasteiger partial charge in [0.25, 0.3) is 0 Å². The Kier molecular flexibility index (Phi) is 1.81. The SMILES string of the molecule is NC1(C(=O)NCc2cn[nH]c2)CC1. The first-order valence-electron chi connectivity index (χ1n) is 4.25. The standard InChI is InChI=1S/C8H12N4O/c9-8(1-2-8)7(13)10-3-6-4-11-12-5-6/h4-5H,1-3,9H2,(H,10,13)(H,11,12). The number of aromatic amines is 1. The van der Waals surface area contributed by atoms with Crippen LogP contribution < -0.4 is 11.1 Å². The molecule has 1 aliphatic rings. The first-order chi connectivity index (χ1) is 6.21. The van der Waals surface area contributed by atoms with Gasteiger partial charge in [0.1, 0.15) is 0 Å². The average molecular weight is 180 g/mol. The smallest absolute Gasteiger partial charge is 0.240 e. The van der Waals surface area contributed by atoms with Crippen molar-refractivity contribution in [2.24, 2.45) is 5.73 Å². The zero-order valence-corrected chi connectivity index (χ0v) is 7.21. The average Bonchev–Trinajstić information content (AvgIpc) is 2.70. The van der Waals surface area contributed by atoms with Crippen molar-refractivity contribution in [2.75, 3.05) is 0 Å². The summed E-state index contributed by atoms with van der Waals surface area (Å²) in [5, 5.41) is 9.21. The molecule has 70 valence electrons. The molecule has 0 bridgehead atoms. The number of hydrogen-bond donors (Lipinski definition) is 3. The van der Waals surface area contributed by atoms with E-state index in [1.807, 2.05) is 0 Å². The zero-order valence-electron chi connectivity index (χ0n) is 7.21. The minimum atomic E-state index is -0.580. The molecule has 2 rings (SSSR count). The van der Waals surface area contributed by atoms with Crippen LogP contribution in [0.1, 0.15) is 18.4 Å². The third kappa shape index (κ3) is 1.70. The molecule has 0 radical (unpaired) electrons. The molecule has 1 fully saturated rings. The van der Waals surface area contributed by atoms with Crippen LogP contribution in [0, 0.1) is 0 Å². The summed E-state index contributed by atoms with van der Waals surface area (Å²) in [5.41, 5.74) is 6.07. The summed E-state index contributed by atoms with van der Waals surface area (Å²) in [6.07, 6.45) is 5.02. The highest BCUT2D eigenvalue weighted by Crippen LogP contribution is 2.32. The van der Waals surface area contributed by atoms with Gasteiger partial charge in [0.15, 0.2) is 0 Å². The van der Waals surface area contributed by atoms with E-state index in [9.17, 15) is 4.79 Å². The Labute approximate surface area is 75.7 Å². The molecule has 5 nitrogen and oxygen atoms in total. The molecule has 1 heterocycles. The zero-order chi connectivity index (χ0) is 9.31. The Bertz CT molecular complexity index is 302. The van der Waals surface area contributed by atoms with Gasteiger partial charge in [-0.25, -0.2) is 0 Å². The summed E-state index contributed by atoms with van der Waals surface area (Å²) in [6.45, 7) is 0.494. The quantitative estimate of drug-likeness (QED) is 0.587. The number of nitrogens with zero attached hydrogens (tertiary/aromatic N) is 1. The summed E-state index contributed by atoms with van der Waals surface area (Å²) in [7, 11) is 0. The van der Waals surface area contributed by atoms with Crippen LogP contribution in [0.4, 0.5) is 0 Å². The highest BCUT2D eigenvalue weighted by atomic mass is 16.2. The monoisotopic (exact) mass is 180 g/mol. The molecule has 0 aliphatic heterocycles. The van der Waals surface area contributed by atoms with E-state index in [2.05, 4.69) is 15.5 Å². The van der Waals surface area contributed by atoms with Gasteiger partial charge in [0.2, 0.25) is 5.91 Å². The van der Waals surface area contributed by atoms with Crippen LogP contribution in [0.5, 0.6) is 0 Å². The molecule has 5 heteroatoms. The molecule has 0 atom stereocenters. The minimum absolute atomic E-state index is 0.0614. The molecule has 1 saturated carbocycles. The van der Waals surface area contributed by atoms with Gasteiger partial charge in [-0.3, -0.25) is 9.89 Å². The van der Waals surface area contributed by atoms with E-state index in [-0.39, 0.29) is 5.91 Å². The molecule has 0 saturated heterocycles. The second-order valence-corrected chi connectivity index (χ2v) is 3.45. The lowest BCUT2D eigenvalue weighted by atomic mass is 10.2. The van der Waals surface area contributed by atoms with Crippen molar-refractivity contribution < 1.29 is 4.79 Å². The number of carbonyl (C=O) groups excluding carboxylic acids is 1. The number of H-pyrrole nitrogens is 1. The minimum Gasteiger partial charge on any atom is -0.350 e.